The second-order valence-electron chi connectivity index (χ2n) is 7.31. The van der Waals surface area contributed by atoms with E-state index < -0.39 is 10.0 Å². The zero-order chi connectivity index (χ0) is 21.6. The number of benzene rings is 3. The first-order valence-electron chi connectivity index (χ1n) is 9.86. The molecule has 30 heavy (non-hydrogen) atoms. The summed E-state index contributed by atoms with van der Waals surface area (Å²) in [5.41, 5.74) is 3.71. The van der Waals surface area contributed by atoms with Crippen molar-refractivity contribution in [2.45, 2.75) is 37.6 Å². The van der Waals surface area contributed by atoms with E-state index >= 15 is 0 Å². The number of hydrogen-bond acceptors (Lipinski definition) is 3. The summed E-state index contributed by atoms with van der Waals surface area (Å²) < 4.78 is 28.0. The Hall–Kier alpha value is -2.96. The topological polar surface area (TPSA) is 75.3 Å². The summed E-state index contributed by atoms with van der Waals surface area (Å²) in [6.07, 6.45) is 0.856. The molecule has 3 aromatic rings. The smallest absolute Gasteiger partial charge is 0.241 e. The Kier molecular flexibility index (Phi) is 7.03. The third-order valence-corrected chi connectivity index (χ3v) is 6.40. The zero-order valence-corrected chi connectivity index (χ0v) is 17.9. The van der Waals surface area contributed by atoms with Crippen molar-refractivity contribution in [3.8, 4) is 0 Å². The van der Waals surface area contributed by atoms with Gasteiger partial charge in [-0.1, -0.05) is 60.2 Å². The van der Waals surface area contributed by atoms with Crippen molar-refractivity contribution in [2.24, 2.45) is 0 Å². The van der Waals surface area contributed by atoms with E-state index in [9.17, 15) is 13.2 Å². The SMILES string of the molecule is Cc1ccc(NC(=O)CCc2ccc(S(=O)(=O)N[C@H](C)c3ccccc3)cc2)cc1. The molecule has 1 atom stereocenters. The number of sulfonamides is 1. The zero-order valence-electron chi connectivity index (χ0n) is 17.1. The van der Waals surface area contributed by atoms with E-state index in [0.717, 1.165) is 22.4 Å². The summed E-state index contributed by atoms with van der Waals surface area (Å²) in [7, 11) is -3.63. The van der Waals surface area contributed by atoms with Gasteiger partial charge in [0.2, 0.25) is 15.9 Å². The van der Waals surface area contributed by atoms with Crippen molar-refractivity contribution in [1.29, 1.82) is 0 Å². The van der Waals surface area contributed by atoms with Crippen LogP contribution in [-0.2, 0) is 21.2 Å². The first kappa shape index (κ1) is 21.7. The van der Waals surface area contributed by atoms with Crippen LogP contribution in [0.25, 0.3) is 0 Å². The number of hydrogen-bond donors (Lipinski definition) is 2. The van der Waals surface area contributed by atoms with Crippen LogP contribution in [0.1, 0.15) is 36.1 Å². The average Bonchev–Trinajstić information content (AvgIpc) is 2.74. The summed E-state index contributed by atoms with van der Waals surface area (Å²) >= 11 is 0. The molecule has 0 saturated carbocycles. The third-order valence-electron chi connectivity index (χ3n) is 4.84. The molecule has 0 aliphatic rings. The summed E-state index contributed by atoms with van der Waals surface area (Å²) in [5.74, 6) is -0.0751. The Bertz CT molecular complexity index is 1080. The Morgan fingerprint density at radius 3 is 2.17 bits per heavy atom. The number of anilines is 1. The molecular weight excluding hydrogens is 396 g/mol. The highest BCUT2D eigenvalue weighted by Gasteiger charge is 2.18. The van der Waals surface area contributed by atoms with Crippen molar-refractivity contribution in [3.05, 3.63) is 95.6 Å². The first-order valence-corrected chi connectivity index (χ1v) is 11.3. The van der Waals surface area contributed by atoms with Crippen molar-refractivity contribution < 1.29 is 13.2 Å². The minimum Gasteiger partial charge on any atom is -0.326 e. The van der Waals surface area contributed by atoms with Crippen LogP contribution in [0.2, 0.25) is 0 Å². The van der Waals surface area contributed by atoms with E-state index in [-0.39, 0.29) is 16.8 Å². The maximum atomic E-state index is 12.6. The molecule has 0 unspecified atom stereocenters. The van der Waals surface area contributed by atoms with Crippen molar-refractivity contribution in [3.63, 3.8) is 0 Å². The van der Waals surface area contributed by atoms with E-state index in [0.29, 0.717) is 12.8 Å². The highest BCUT2D eigenvalue weighted by atomic mass is 32.2. The summed E-state index contributed by atoms with van der Waals surface area (Å²) in [5, 5.41) is 2.87. The Morgan fingerprint density at radius 2 is 1.53 bits per heavy atom. The van der Waals surface area contributed by atoms with E-state index in [1.54, 1.807) is 24.3 Å². The lowest BCUT2D eigenvalue weighted by atomic mass is 10.1. The lowest BCUT2D eigenvalue weighted by Crippen LogP contribution is -2.26. The molecule has 0 spiro atoms. The molecule has 3 aromatic carbocycles. The molecular formula is C24H26N2O3S. The van der Waals surface area contributed by atoms with Crippen LogP contribution in [0.5, 0.6) is 0 Å². The maximum Gasteiger partial charge on any atom is 0.241 e. The summed E-state index contributed by atoms with van der Waals surface area (Å²) in [6.45, 7) is 3.81. The van der Waals surface area contributed by atoms with Crippen LogP contribution in [0.3, 0.4) is 0 Å². The number of carbonyl (C=O) groups is 1. The quantitative estimate of drug-likeness (QED) is 0.557. The van der Waals surface area contributed by atoms with Crippen LogP contribution < -0.4 is 10.0 Å². The van der Waals surface area contributed by atoms with Gasteiger partial charge in [0.1, 0.15) is 0 Å². The summed E-state index contributed by atoms with van der Waals surface area (Å²) in [6, 6.07) is 23.4. The second-order valence-corrected chi connectivity index (χ2v) is 9.03. The highest BCUT2D eigenvalue weighted by Crippen LogP contribution is 2.18. The number of aryl methyl sites for hydroxylation is 2. The van der Waals surface area contributed by atoms with Gasteiger partial charge in [-0.3, -0.25) is 4.79 Å². The Balaban J connectivity index is 1.56. The molecule has 0 radical (unpaired) electrons. The molecule has 3 rings (SSSR count). The fourth-order valence-electron chi connectivity index (χ4n) is 3.06. The van der Waals surface area contributed by atoms with Crippen molar-refractivity contribution >= 4 is 21.6 Å². The number of rotatable bonds is 8. The van der Waals surface area contributed by atoms with Gasteiger partial charge in [-0.15, -0.1) is 0 Å². The lowest BCUT2D eigenvalue weighted by Gasteiger charge is -2.15. The van der Waals surface area contributed by atoms with Crippen LogP contribution in [0.4, 0.5) is 5.69 Å². The van der Waals surface area contributed by atoms with Crippen molar-refractivity contribution in [1.82, 2.24) is 4.72 Å². The van der Waals surface area contributed by atoms with Crippen molar-refractivity contribution in [2.75, 3.05) is 5.32 Å². The fourth-order valence-corrected chi connectivity index (χ4v) is 4.30. The van der Waals surface area contributed by atoms with Gasteiger partial charge in [0.05, 0.1) is 4.90 Å². The van der Waals surface area contributed by atoms with Crippen LogP contribution >= 0.6 is 0 Å². The number of carbonyl (C=O) groups excluding carboxylic acids is 1. The normalized spacial score (nSPS) is 12.3. The second kappa shape index (κ2) is 9.69. The molecule has 0 heterocycles. The van der Waals surface area contributed by atoms with E-state index in [2.05, 4.69) is 10.0 Å². The fraction of sp³-hybridized carbons (Fsp3) is 0.208. The van der Waals surface area contributed by atoms with E-state index in [4.69, 9.17) is 0 Å². The standard InChI is InChI=1S/C24H26N2O3S/c1-18-8-13-22(14-9-18)25-24(27)17-12-20-10-15-23(16-11-20)30(28,29)26-19(2)21-6-4-3-5-7-21/h3-11,13-16,19,26H,12,17H2,1-2H3,(H,25,27)/t19-/m1/s1. The van der Waals surface area contributed by atoms with Gasteiger partial charge in [-0.25, -0.2) is 13.1 Å². The van der Waals surface area contributed by atoms with Crippen LogP contribution in [-0.4, -0.2) is 14.3 Å². The van der Waals surface area contributed by atoms with Gasteiger partial charge in [0, 0.05) is 18.2 Å². The first-order chi connectivity index (χ1) is 14.3. The maximum absolute atomic E-state index is 12.6. The Labute approximate surface area is 178 Å². The molecule has 0 aliphatic carbocycles. The molecule has 1 amide bonds. The van der Waals surface area contributed by atoms with Gasteiger partial charge >= 0.3 is 0 Å². The van der Waals surface area contributed by atoms with E-state index in [1.165, 1.54) is 0 Å². The molecule has 0 fully saturated rings. The van der Waals surface area contributed by atoms with Crippen LogP contribution in [0, 0.1) is 6.92 Å². The minimum atomic E-state index is -3.63. The largest absolute Gasteiger partial charge is 0.326 e. The molecule has 5 nitrogen and oxygen atoms in total. The average molecular weight is 423 g/mol. The Morgan fingerprint density at radius 1 is 0.900 bits per heavy atom. The third kappa shape index (κ3) is 6.02. The van der Waals surface area contributed by atoms with Gasteiger partial charge in [-0.2, -0.15) is 0 Å². The monoisotopic (exact) mass is 422 g/mol. The highest BCUT2D eigenvalue weighted by molar-refractivity contribution is 7.89. The number of nitrogens with one attached hydrogen (secondary N) is 2. The minimum absolute atomic E-state index is 0.0751. The van der Waals surface area contributed by atoms with Gasteiger partial charge in [-0.05, 0) is 55.7 Å². The molecule has 0 saturated heterocycles. The predicted octanol–water partition coefficient (Wildman–Crippen LogP) is 4.61. The number of amides is 1. The van der Waals surface area contributed by atoms with E-state index in [1.807, 2.05) is 68.4 Å². The summed E-state index contributed by atoms with van der Waals surface area (Å²) in [4.78, 5) is 12.3. The molecule has 0 aromatic heterocycles. The lowest BCUT2D eigenvalue weighted by molar-refractivity contribution is -0.116. The van der Waals surface area contributed by atoms with Gasteiger partial charge < -0.3 is 5.32 Å². The molecule has 156 valence electrons. The molecule has 6 heteroatoms. The molecule has 0 aliphatic heterocycles. The molecule has 2 N–H and O–H groups in total. The predicted molar refractivity (Wildman–Crippen MR) is 120 cm³/mol. The molecule has 0 bridgehead atoms. The van der Waals surface area contributed by atoms with Gasteiger partial charge in [0.25, 0.3) is 0 Å². The van der Waals surface area contributed by atoms with Gasteiger partial charge in [0.15, 0.2) is 0 Å². The van der Waals surface area contributed by atoms with Crippen LogP contribution in [0.15, 0.2) is 83.8 Å².